The van der Waals surface area contributed by atoms with Gasteiger partial charge in [-0.3, -0.25) is 9.59 Å². The second-order valence-corrected chi connectivity index (χ2v) is 12.0. The summed E-state index contributed by atoms with van der Waals surface area (Å²) in [5.74, 6) is 0.269. The van der Waals surface area contributed by atoms with Crippen LogP contribution >= 0.6 is 0 Å². The zero-order valence-corrected chi connectivity index (χ0v) is 24.0. The first kappa shape index (κ1) is 28.2. The molecule has 0 radical (unpaired) electrons. The molecule has 8 nitrogen and oxygen atoms in total. The van der Waals surface area contributed by atoms with Crippen molar-refractivity contribution in [3.63, 3.8) is 0 Å². The number of ether oxygens (including phenoxy) is 2. The van der Waals surface area contributed by atoms with Crippen molar-refractivity contribution in [1.29, 1.82) is 5.26 Å². The Morgan fingerprint density at radius 1 is 1.12 bits per heavy atom. The molecule has 210 valence electrons. The summed E-state index contributed by atoms with van der Waals surface area (Å²) in [6.07, 6.45) is 2.94. The number of anilines is 1. The summed E-state index contributed by atoms with van der Waals surface area (Å²) in [6, 6.07) is 13.5. The third-order valence-corrected chi connectivity index (χ3v) is 8.89. The second kappa shape index (κ2) is 10.6. The van der Waals surface area contributed by atoms with E-state index < -0.39 is 18.3 Å². The minimum absolute atomic E-state index is 0.0735. The van der Waals surface area contributed by atoms with E-state index in [-0.39, 0.29) is 23.2 Å². The van der Waals surface area contributed by atoms with Crippen LogP contribution in [0.2, 0.25) is 0 Å². The van der Waals surface area contributed by atoms with Gasteiger partial charge in [-0.05, 0) is 89.5 Å². The molecule has 2 aromatic rings. The molecule has 1 aliphatic carbocycles. The predicted octanol–water partition coefficient (Wildman–Crippen LogP) is 4.42. The van der Waals surface area contributed by atoms with E-state index in [9.17, 15) is 14.9 Å². The van der Waals surface area contributed by atoms with Gasteiger partial charge in [-0.25, -0.2) is 0 Å². The fraction of sp³-hybridized carbons (Fsp3) is 0.516. The Labute approximate surface area is 236 Å². The minimum Gasteiger partial charge on any atom is -0.493 e. The summed E-state index contributed by atoms with van der Waals surface area (Å²) < 4.78 is 23.6. The molecule has 0 bridgehead atoms. The summed E-state index contributed by atoms with van der Waals surface area (Å²) in [4.78, 5) is 25.4. The van der Waals surface area contributed by atoms with E-state index in [1.54, 1.807) is 19.1 Å². The maximum Gasteiger partial charge on any atom is 0.494 e. The van der Waals surface area contributed by atoms with Crippen LogP contribution in [0.25, 0.3) is 0 Å². The van der Waals surface area contributed by atoms with Crippen LogP contribution in [-0.4, -0.2) is 43.4 Å². The fourth-order valence-electron chi connectivity index (χ4n) is 5.75. The number of benzene rings is 2. The summed E-state index contributed by atoms with van der Waals surface area (Å²) in [6.45, 7) is 10.8. The van der Waals surface area contributed by atoms with E-state index in [2.05, 4.69) is 17.5 Å². The average molecular weight is 544 g/mol. The van der Waals surface area contributed by atoms with Gasteiger partial charge in [0, 0.05) is 29.0 Å². The highest BCUT2D eigenvalue weighted by atomic mass is 16.7. The number of amides is 1. The monoisotopic (exact) mass is 544 g/mol. The van der Waals surface area contributed by atoms with Crippen LogP contribution < -0.4 is 15.5 Å². The van der Waals surface area contributed by atoms with Gasteiger partial charge >= 0.3 is 13.1 Å². The van der Waals surface area contributed by atoms with Gasteiger partial charge in [0.25, 0.3) is 0 Å². The van der Waals surface area contributed by atoms with Crippen LogP contribution in [0.1, 0.15) is 77.0 Å². The van der Waals surface area contributed by atoms with Crippen molar-refractivity contribution < 1.29 is 28.4 Å². The van der Waals surface area contributed by atoms with Crippen LogP contribution in [0.5, 0.6) is 5.75 Å². The van der Waals surface area contributed by atoms with Gasteiger partial charge < -0.3 is 24.1 Å². The lowest BCUT2D eigenvalue weighted by atomic mass is 9.75. The normalized spacial score (nSPS) is 23.6. The quantitative estimate of drug-likeness (QED) is 0.387. The molecule has 5 rings (SSSR count). The molecule has 0 aromatic heterocycles. The molecule has 2 heterocycles. The first-order chi connectivity index (χ1) is 19.0. The summed E-state index contributed by atoms with van der Waals surface area (Å²) >= 11 is 0. The van der Waals surface area contributed by atoms with E-state index in [4.69, 9.17) is 18.8 Å². The molecule has 3 aliphatic rings. The first-order valence-corrected chi connectivity index (χ1v) is 14.1. The molecule has 2 fully saturated rings. The summed E-state index contributed by atoms with van der Waals surface area (Å²) in [5, 5.41) is 12.6. The van der Waals surface area contributed by atoms with Crippen LogP contribution in [0, 0.1) is 17.2 Å². The Morgan fingerprint density at radius 2 is 1.88 bits per heavy atom. The number of hydrogen-bond acceptors (Lipinski definition) is 7. The highest BCUT2D eigenvalue weighted by Crippen LogP contribution is 2.61. The van der Waals surface area contributed by atoms with Crippen molar-refractivity contribution in [1.82, 2.24) is 0 Å². The van der Waals surface area contributed by atoms with Gasteiger partial charge in [0.05, 0.1) is 36.0 Å². The fourth-order valence-corrected chi connectivity index (χ4v) is 5.75. The number of rotatable bonds is 8. The highest BCUT2D eigenvalue weighted by Gasteiger charge is 2.61. The number of nitriles is 1. The van der Waals surface area contributed by atoms with Crippen LogP contribution in [0.4, 0.5) is 5.69 Å². The van der Waals surface area contributed by atoms with E-state index in [1.807, 2.05) is 45.9 Å². The van der Waals surface area contributed by atoms with Crippen LogP contribution in [-0.2, 0) is 35.5 Å². The molecule has 2 atom stereocenters. The van der Waals surface area contributed by atoms with E-state index in [0.717, 1.165) is 35.2 Å². The highest BCUT2D eigenvalue weighted by molar-refractivity contribution is 6.62. The molecule has 1 saturated heterocycles. The summed E-state index contributed by atoms with van der Waals surface area (Å²) in [7, 11) is -0.494. The largest absolute Gasteiger partial charge is 0.494 e. The maximum atomic E-state index is 13.6. The number of fused-ring (bicyclic) bond motifs is 2. The molecule has 1 N–H and O–H groups in total. The predicted molar refractivity (Wildman–Crippen MR) is 151 cm³/mol. The van der Waals surface area contributed by atoms with Crippen LogP contribution in [0.3, 0.4) is 0 Å². The number of carbonyl (C=O) groups excluding carboxylic acids is 2. The number of hydrogen-bond donors (Lipinski definition) is 1. The van der Waals surface area contributed by atoms with Gasteiger partial charge in [-0.2, -0.15) is 5.26 Å². The maximum absolute atomic E-state index is 13.6. The molecular weight excluding hydrogens is 507 g/mol. The lowest BCUT2D eigenvalue weighted by Crippen LogP contribution is -2.41. The van der Waals surface area contributed by atoms with Crippen molar-refractivity contribution in [2.24, 2.45) is 5.92 Å². The number of nitrogens with zero attached hydrogens (tertiary/aromatic N) is 1. The number of nitrogens with one attached hydrogen (secondary N) is 1. The molecule has 9 heteroatoms. The van der Waals surface area contributed by atoms with Crippen molar-refractivity contribution in [3.8, 4) is 11.8 Å². The first-order valence-electron chi connectivity index (χ1n) is 14.1. The SMILES string of the molecule is CCOC(=O)CCCc1ccc(C#N)cc1NC(=O)C1CC12CCOc1ccc(B3OC(C)(C)C(C)(C)O3)cc12. The Bertz CT molecular complexity index is 1350. The zero-order valence-electron chi connectivity index (χ0n) is 24.0. The van der Waals surface area contributed by atoms with E-state index >= 15 is 0 Å². The molecule has 2 aliphatic heterocycles. The van der Waals surface area contributed by atoms with Gasteiger partial charge in [-0.1, -0.05) is 18.2 Å². The van der Waals surface area contributed by atoms with Gasteiger partial charge in [-0.15, -0.1) is 0 Å². The van der Waals surface area contributed by atoms with Crippen molar-refractivity contribution >= 4 is 30.1 Å². The average Bonchev–Trinajstić information content (AvgIpc) is 3.57. The molecule has 1 amide bonds. The van der Waals surface area contributed by atoms with Gasteiger partial charge in [0.1, 0.15) is 5.75 Å². The van der Waals surface area contributed by atoms with Crippen LogP contribution in [0.15, 0.2) is 36.4 Å². The number of esters is 1. The Balaban J connectivity index is 1.34. The molecule has 1 spiro atoms. The number of aryl methyl sites for hydroxylation is 1. The molecule has 40 heavy (non-hydrogen) atoms. The van der Waals surface area contributed by atoms with Crippen molar-refractivity contribution in [2.75, 3.05) is 18.5 Å². The van der Waals surface area contributed by atoms with Crippen molar-refractivity contribution in [2.45, 2.75) is 83.3 Å². The minimum atomic E-state index is -0.494. The molecule has 2 unspecified atom stereocenters. The smallest absolute Gasteiger partial charge is 0.493 e. The van der Waals surface area contributed by atoms with Gasteiger partial charge in [0.2, 0.25) is 5.91 Å². The lowest BCUT2D eigenvalue weighted by Gasteiger charge is -2.32. The van der Waals surface area contributed by atoms with Gasteiger partial charge in [0.15, 0.2) is 0 Å². The standard InChI is InChI=1S/C31H37BN2O6/c1-6-37-27(35)9-7-8-21-11-10-20(19-33)16-25(21)34-28(36)24-18-31(24)14-15-38-26-13-12-22(17-23(26)31)32-39-29(2,3)30(4,5)40-32/h10-13,16-17,24H,6-9,14-15,18H2,1-5H3,(H,34,36). The molecule has 1 saturated carbocycles. The van der Waals surface area contributed by atoms with Crippen molar-refractivity contribution in [3.05, 3.63) is 53.1 Å². The molecular formula is C31H37BN2O6. The Morgan fingerprint density at radius 3 is 2.58 bits per heavy atom. The lowest BCUT2D eigenvalue weighted by molar-refractivity contribution is -0.143. The summed E-state index contributed by atoms with van der Waals surface area (Å²) in [5.41, 5.74) is 2.71. The second-order valence-electron chi connectivity index (χ2n) is 12.0. The van der Waals surface area contributed by atoms with E-state index in [0.29, 0.717) is 43.7 Å². The Hall–Kier alpha value is -3.35. The molecule has 2 aromatic carbocycles. The third kappa shape index (κ3) is 5.23. The van der Waals surface area contributed by atoms with E-state index in [1.165, 1.54) is 0 Å². The zero-order chi connectivity index (χ0) is 28.7. The number of carbonyl (C=O) groups is 2. The topological polar surface area (TPSA) is 107 Å². The Kier molecular flexibility index (Phi) is 7.45. The third-order valence-electron chi connectivity index (χ3n) is 8.89.